The average Bonchev–Trinajstić information content (AvgIpc) is 2.01. The fraction of sp³-hybridized carbons (Fsp3) is 0.300. The molecule has 76 valence electrons. The molecule has 0 spiro atoms. The van der Waals surface area contributed by atoms with Gasteiger partial charge < -0.3 is 5.11 Å². The Morgan fingerprint density at radius 3 is 2.29 bits per heavy atom. The van der Waals surface area contributed by atoms with Crippen LogP contribution in [0.1, 0.15) is 12.5 Å². The van der Waals surface area contributed by atoms with E-state index < -0.39 is 5.97 Å². The highest BCUT2D eigenvalue weighted by Crippen LogP contribution is 2.21. The number of halogens is 2. The van der Waals surface area contributed by atoms with Crippen molar-refractivity contribution in [2.75, 3.05) is 0 Å². The monoisotopic (exact) mass is 320 g/mol. The molecular formula is C10H10Br2O2. The molecule has 0 fully saturated rings. The van der Waals surface area contributed by atoms with Gasteiger partial charge in [-0.05, 0) is 30.2 Å². The van der Waals surface area contributed by atoms with E-state index in [1.54, 1.807) is 6.92 Å². The predicted octanol–water partition coefficient (Wildman–Crippen LogP) is 3.47. The first-order valence-corrected chi connectivity index (χ1v) is 5.75. The van der Waals surface area contributed by atoms with Crippen molar-refractivity contribution in [1.29, 1.82) is 0 Å². The maximum absolute atomic E-state index is 10.7. The number of hydrogen-bond acceptors (Lipinski definition) is 1. The predicted molar refractivity (Wildman–Crippen MR) is 62.3 cm³/mol. The lowest BCUT2D eigenvalue weighted by atomic mass is 10.0. The molecule has 2 nitrogen and oxygen atoms in total. The van der Waals surface area contributed by atoms with Crippen LogP contribution in [0.2, 0.25) is 0 Å². The zero-order valence-electron chi connectivity index (χ0n) is 7.63. The van der Waals surface area contributed by atoms with Crippen LogP contribution in [0.25, 0.3) is 0 Å². The molecule has 0 aromatic heterocycles. The Kier molecular flexibility index (Phi) is 4.13. The SMILES string of the molecule is C[C@@H](Cc1cc(Br)cc(Br)c1)C(=O)O. The second kappa shape index (κ2) is 4.94. The van der Waals surface area contributed by atoms with Crippen molar-refractivity contribution in [1.82, 2.24) is 0 Å². The van der Waals surface area contributed by atoms with Crippen LogP contribution in [0.15, 0.2) is 27.1 Å². The van der Waals surface area contributed by atoms with Crippen LogP contribution in [-0.2, 0) is 11.2 Å². The van der Waals surface area contributed by atoms with E-state index in [-0.39, 0.29) is 5.92 Å². The maximum atomic E-state index is 10.7. The van der Waals surface area contributed by atoms with Crippen molar-refractivity contribution in [3.63, 3.8) is 0 Å². The van der Waals surface area contributed by atoms with Crippen molar-refractivity contribution in [2.24, 2.45) is 5.92 Å². The van der Waals surface area contributed by atoms with Gasteiger partial charge in [-0.15, -0.1) is 0 Å². The Hall–Kier alpha value is -0.350. The molecule has 1 N–H and O–H groups in total. The van der Waals surface area contributed by atoms with E-state index >= 15 is 0 Å². The molecule has 1 aromatic carbocycles. The molecule has 0 saturated heterocycles. The van der Waals surface area contributed by atoms with Crippen LogP contribution >= 0.6 is 31.9 Å². The van der Waals surface area contributed by atoms with Crippen LogP contribution in [-0.4, -0.2) is 11.1 Å². The van der Waals surface area contributed by atoms with E-state index in [9.17, 15) is 4.79 Å². The molecule has 0 saturated carbocycles. The van der Waals surface area contributed by atoms with Crippen LogP contribution < -0.4 is 0 Å². The highest BCUT2D eigenvalue weighted by molar-refractivity contribution is 9.11. The van der Waals surface area contributed by atoms with Crippen molar-refractivity contribution >= 4 is 37.8 Å². The van der Waals surface area contributed by atoms with Gasteiger partial charge in [0.05, 0.1) is 5.92 Å². The Morgan fingerprint density at radius 1 is 1.36 bits per heavy atom. The molecule has 0 heterocycles. The molecule has 0 radical (unpaired) electrons. The molecule has 0 aliphatic rings. The lowest BCUT2D eigenvalue weighted by Crippen LogP contribution is -2.12. The first kappa shape index (κ1) is 11.7. The fourth-order valence-corrected chi connectivity index (χ4v) is 2.56. The van der Waals surface area contributed by atoms with E-state index in [0.717, 1.165) is 14.5 Å². The third kappa shape index (κ3) is 3.42. The third-order valence-corrected chi connectivity index (χ3v) is 2.80. The summed E-state index contributed by atoms with van der Waals surface area (Å²) in [7, 11) is 0. The van der Waals surface area contributed by atoms with Gasteiger partial charge in [-0.2, -0.15) is 0 Å². The number of benzene rings is 1. The van der Waals surface area contributed by atoms with Crippen LogP contribution in [0.3, 0.4) is 0 Å². The minimum atomic E-state index is -0.763. The third-order valence-electron chi connectivity index (χ3n) is 1.89. The van der Waals surface area contributed by atoms with Crippen LogP contribution in [0.4, 0.5) is 0 Å². The summed E-state index contributed by atoms with van der Waals surface area (Å²) in [5.74, 6) is -1.11. The Labute approximate surface area is 99.6 Å². The van der Waals surface area contributed by atoms with Gasteiger partial charge in [0, 0.05) is 8.95 Å². The summed E-state index contributed by atoms with van der Waals surface area (Å²) in [4.78, 5) is 10.7. The lowest BCUT2D eigenvalue weighted by Gasteiger charge is -2.07. The number of aliphatic carboxylic acids is 1. The summed E-state index contributed by atoms with van der Waals surface area (Å²) in [6.45, 7) is 1.71. The molecule has 14 heavy (non-hydrogen) atoms. The highest BCUT2D eigenvalue weighted by Gasteiger charge is 2.11. The summed E-state index contributed by atoms with van der Waals surface area (Å²) in [5, 5.41) is 8.76. The Morgan fingerprint density at radius 2 is 1.86 bits per heavy atom. The Balaban J connectivity index is 2.81. The molecule has 4 heteroatoms. The molecule has 0 aliphatic carbocycles. The fourth-order valence-electron chi connectivity index (χ4n) is 1.17. The van der Waals surface area contributed by atoms with E-state index in [1.807, 2.05) is 18.2 Å². The minimum Gasteiger partial charge on any atom is -0.481 e. The molecule has 1 atom stereocenters. The number of carboxylic acid groups (broad SMARTS) is 1. The van der Waals surface area contributed by atoms with Gasteiger partial charge in [-0.3, -0.25) is 4.79 Å². The van der Waals surface area contributed by atoms with Crippen molar-refractivity contribution in [3.05, 3.63) is 32.7 Å². The lowest BCUT2D eigenvalue weighted by molar-refractivity contribution is -0.141. The summed E-state index contributed by atoms with van der Waals surface area (Å²) in [6.07, 6.45) is 0.549. The van der Waals surface area contributed by atoms with E-state index in [4.69, 9.17) is 5.11 Å². The van der Waals surface area contributed by atoms with Gasteiger partial charge >= 0.3 is 5.97 Å². The van der Waals surface area contributed by atoms with E-state index in [0.29, 0.717) is 6.42 Å². The molecule has 0 unspecified atom stereocenters. The Bertz CT molecular complexity index is 330. The number of rotatable bonds is 3. The zero-order valence-corrected chi connectivity index (χ0v) is 10.8. The molecular weight excluding hydrogens is 312 g/mol. The molecule has 1 aromatic rings. The summed E-state index contributed by atoms with van der Waals surface area (Å²) in [6, 6.07) is 5.79. The highest BCUT2D eigenvalue weighted by atomic mass is 79.9. The van der Waals surface area contributed by atoms with E-state index in [1.165, 1.54) is 0 Å². The maximum Gasteiger partial charge on any atom is 0.306 e. The first-order chi connectivity index (χ1) is 6.49. The molecule has 0 aliphatic heterocycles. The number of carboxylic acids is 1. The second-order valence-corrected chi connectivity index (χ2v) is 5.05. The van der Waals surface area contributed by atoms with Gasteiger partial charge in [-0.1, -0.05) is 38.8 Å². The normalized spacial score (nSPS) is 12.5. The molecule has 0 bridgehead atoms. The minimum absolute atomic E-state index is 0.351. The molecule has 1 rings (SSSR count). The number of carbonyl (C=O) groups is 1. The van der Waals surface area contributed by atoms with Crippen molar-refractivity contribution < 1.29 is 9.90 Å². The first-order valence-electron chi connectivity index (χ1n) is 4.17. The smallest absolute Gasteiger partial charge is 0.306 e. The van der Waals surface area contributed by atoms with Gasteiger partial charge in [0.15, 0.2) is 0 Å². The topological polar surface area (TPSA) is 37.3 Å². The summed E-state index contributed by atoms with van der Waals surface area (Å²) < 4.78 is 1.92. The van der Waals surface area contributed by atoms with Crippen molar-refractivity contribution in [2.45, 2.75) is 13.3 Å². The quantitative estimate of drug-likeness (QED) is 0.925. The van der Waals surface area contributed by atoms with Gasteiger partial charge in [-0.25, -0.2) is 0 Å². The van der Waals surface area contributed by atoms with Crippen molar-refractivity contribution in [3.8, 4) is 0 Å². The molecule has 0 amide bonds. The van der Waals surface area contributed by atoms with Gasteiger partial charge in [0.2, 0.25) is 0 Å². The average molecular weight is 322 g/mol. The largest absolute Gasteiger partial charge is 0.481 e. The van der Waals surface area contributed by atoms with Gasteiger partial charge in [0.1, 0.15) is 0 Å². The van der Waals surface area contributed by atoms with Gasteiger partial charge in [0.25, 0.3) is 0 Å². The summed E-state index contributed by atoms with van der Waals surface area (Å²) in [5.41, 5.74) is 1.01. The standard InChI is InChI=1S/C10H10Br2O2/c1-6(10(13)14)2-7-3-8(11)5-9(12)4-7/h3-6H,2H2,1H3,(H,13,14)/t6-/m0/s1. The van der Waals surface area contributed by atoms with Crippen LogP contribution in [0.5, 0.6) is 0 Å². The zero-order chi connectivity index (χ0) is 10.7. The number of hydrogen-bond donors (Lipinski definition) is 1. The second-order valence-electron chi connectivity index (χ2n) is 3.22. The summed E-state index contributed by atoms with van der Waals surface area (Å²) >= 11 is 6.72. The van der Waals surface area contributed by atoms with E-state index in [2.05, 4.69) is 31.9 Å². The van der Waals surface area contributed by atoms with Crippen LogP contribution in [0, 0.1) is 5.92 Å².